The Labute approximate surface area is 168 Å². The molecule has 0 rings (SSSR count). The second kappa shape index (κ2) is 20.2. The lowest BCUT2D eigenvalue weighted by Gasteiger charge is -2.16. The fraction of sp³-hybridized carbons (Fsp3) is 1.00. The summed E-state index contributed by atoms with van der Waals surface area (Å²) in [7, 11) is -1.42. The zero-order valence-corrected chi connectivity index (χ0v) is 19.2. The zero-order chi connectivity index (χ0) is 19.3. The Kier molecular flexibility index (Phi) is 20.5. The molecule has 0 spiro atoms. The lowest BCUT2D eigenvalue weighted by Crippen LogP contribution is -2.27. The van der Waals surface area contributed by atoms with E-state index in [-0.39, 0.29) is 0 Å². The SMILES string of the molecule is C[Si](C)(C)OCCOCCOCCOCCOCCOCCOCCBr. The number of halogens is 1. The molecule has 0 aliphatic carbocycles. The maximum absolute atomic E-state index is 5.69. The molecule has 26 heavy (non-hydrogen) atoms. The third kappa shape index (κ3) is 24.4. The quantitative estimate of drug-likeness (QED) is 0.148. The first-order valence-electron chi connectivity index (χ1n) is 9.22. The van der Waals surface area contributed by atoms with E-state index >= 15 is 0 Å². The molecular formula is C17H37BrO7Si. The van der Waals surface area contributed by atoms with Gasteiger partial charge in [-0.1, -0.05) is 15.9 Å². The minimum atomic E-state index is -1.42. The molecule has 0 saturated carbocycles. The summed E-state index contributed by atoms with van der Waals surface area (Å²) in [6.45, 7) is 14.2. The van der Waals surface area contributed by atoms with Crippen molar-refractivity contribution in [3.63, 3.8) is 0 Å². The van der Waals surface area contributed by atoms with Crippen LogP contribution in [0, 0.1) is 0 Å². The van der Waals surface area contributed by atoms with E-state index < -0.39 is 8.32 Å². The molecule has 0 aliphatic heterocycles. The molecule has 9 heteroatoms. The van der Waals surface area contributed by atoms with Crippen LogP contribution in [0.1, 0.15) is 0 Å². The van der Waals surface area contributed by atoms with E-state index in [4.69, 9.17) is 32.8 Å². The van der Waals surface area contributed by atoms with Crippen molar-refractivity contribution >= 4 is 24.2 Å². The number of alkyl halides is 1. The van der Waals surface area contributed by atoms with Crippen LogP contribution in [0.15, 0.2) is 0 Å². The summed E-state index contributed by atoms with van der Waals surface area (Å²) in [5, 5.41) is 0.850. The molecule has 0 aliphatic rings. The van der Waals surface area contributed by atoms with E-state index in [1.807, 2.05) is 0 Å². The van der Waals surface area contributed by atoms with Crippen LogP contribution in [0.2, 0.25) is 19.6 Å². The van der Waals surface area contributed by atoms with Crippen LogP contribution in [0.5, 0.6) is 0 Å². The van der Waals surface area contributed by atoms with E-state index in [0.29, 0.717) is 85.9 Å². The van der Waals surface area contributed by atoms with Crippen molar-refractivity contribution in [2.45, 2.75) is 19.6 Å². The maximum atomic E-state index is 5.69. The minimum Gasteiger partial charge on any atom is -0.415 e. The van der Waals surface area contributed by atoms with Gasteiger partial charge in [0.15, 0.2) is 8.32 Å². The van der Waals surface area contributed by atoms with Gasteiger partial charge in [0, 0.05) is 5.33 Å². The lowest BCUT2D eigenvalue weighted by molar-refractivity contribution is -0.0173. The first-order chi connectivity index (χ1) is 12.6. The van der Waals surface area contributed by atoms with E-state index in [9.17, 15) is 0 Å². The predicted molar refractivity (Wildman–Crippen MR) is 108 cm³/mol. The van der Waals surface area contributed by atoms with Gasteiger partial charge in [-0.2, -0.15) is 0 Å². The molecule has 0 aromatic heterocycles. The third-order valence-electron chi connectivity index (χ3n) is 2.84. The molecular weight excluding hydrogens is 424 g/mol. The lowest BCUT2D eigenvalue weighted by atomic mass is 10.7. The van der Waals surface area contributed by atoms with E-state index in [1.54, 1.807) is 0 Å². The van der Waals surface area contributed by atoms with Crippen LogP contribution < -0.4 is 0 Å². The Balaban J connectivity index is 3.01. The second-order valence-corrected chi connectivity index (χ2v) is 11.6. The van der Waals surface area contributed by atoms with E-state index in [0.717, 1.165) is 5.33 Å². The van der Waals surface area contributed by atoms with Gasteiger partial charge in [0.2, 0.25) is 0 Å². The van der Waals surface area contributed by atoms with Crippen molar-refractivity contribution in [2.24, 2.45) is 0 Å². The highest BCUT2D eigenvalue weighted by Gasteiger charge is 2.12. The Morgan fingerprint density at radius 3 is 1.00 bits per heavy atom. The molecule has 0 heterocycles. The molecule has 0 saturated heterocycles. The van der Waals surface area contributed by atoms with Crippen molar-refractivity contribution in [3.05, 3.63) is 0 Å². The largest absolute Gasteiger partial charge is 0.415 e. The van der Waals surface area contributed by atoms with Gasteiger partial charge in [0.1, 0.15) is 0 Å². The van der Waals surface area contributed by atoms with Crippen LogP contribution in [0.4, 0.5) is 0 Å². The molecule has 0 atom stereocenters. The van der Waals surface area contributed by atoms with Gasteiger partial charge in [0.05, 0.1) is 85.9 Å². The first kappa shape index (κ1) is 26.4. The summed E-state index contributed by atoms with van der Waals surface area (Å²) in [6, 6.07) is 0. The summed E-state index contributed by atoms with van der Waals surface area (Å²) >= 11 is 3.29. The van der Waals surface area contributed by atoms with Gasteiger partial charge in [-0.15, -0.1) is 0 Å². The Morgan fingerprint density at radius 2 is 0.731 bits per heavy atom. The smallest absolute Gasteiger partial charge is 0.183 e. The van der Waals surface area contributed by atoms with Crippen LogP contribution in [0.3, 0.4) is 0 Å². The number of ether oxygens (including phenoxy) is 6. The molecule has 0 unspecified atom stereocenters. The average Bonchev–Trinajstić information content (AvgIpc) is 2.59. The predicted octanol–water partition coefficient (Wildman–Crippen LogP) is 2.33. The first-order valence-corrected chi connectivity index (χ1v) is 13.8. The molecule has 0 aromatic carbocycles. The highest BCUT2D eigenvalue weighted by Crippen LogP contribution is 2.01. The highest BCUT2D eigenvalue weighted by molar-refractivity contribution is 9.09. The molecule has 0 aromatic rings. The molecule has 158 valence electrons. The van der Waals surface area contributed by atoms with Gasteiger partial charge < -0.3 is 32.8 Å². The Morgan fingerprint density at radius 1 is 0.462 bits per heavy atom. The molecule has 7 nitrogen and oxygen atoms in total. The Hall–Kier alpha value is 0.417. The van der Waals surface area contributed by atoms with Crippen LogP contribution in [-0.4, -0.2) is 99.5 Å². The van der Waals surface area contributed by atoms with Gasteiger partial charge >= 0.3 is 0 Å². The summed E-state index contributed by atoms with van der Waals surface area (Å²) < 4.78 is 38.0. The van der Waals surface area contributed by atoms with Crippen molar-refractivity contribution < 1.29 is 32.8 Å². The van der Waals surface area contributed by atoms with Crippen molar-refractivity contribution in [1.82, 2.24) is 0 Å². The number of hydrogen-bond donors (Lipinski definition) is 0. The van der Waals surface area contributed by atoms with Crippen molar-refractivity contribution in [3.8, 4) is 0 Å². The van der Waals surface area contributed by atoms with Gasteiger partial charge in [-0.3, -0.25) is 0 Å². The molecule has 0 N–H and O–H groups in total. The third-order valence-corrected chi connectivity index (χ3v) is 4.24. The Bertz CT molecular complexity index is 280. The van der Waals surface area contributed by atoms with E-state index in [2.05, 4.69) is 35.6 Å². The van der Waals surface area contributed by atoms with Gasteiger partial charge in [-0.25, -0.2) is 0 Å². The second-order valence-electron chi connectivity index (χ2n) is 6.32. The number of rotatable bonds is 21. The summed E-state index contributed by atoms with van der Waals surface area (Å²) in [4.78, 5) is 0. The van der Waals surface area contributed by atoms with Crippen LogP contribution in [-0.2, 0) is 32.8 Å². The molecule has 0 fully saturated rings. The average molecular weight is 461 g/mol. The fourth-order valence-corrected chi connectivity index (χ4v) is 2.59. The summed E-state index contributed by atoms with van der Waals surface area (Å²) in [6.07, 6.45) is 0. The fourth-order valence-electron chi connectivity index (χ4n) is 1.66. The molecule has 0 bridgehead atoms. The molecule has 0 radical (unpaired) electrons. The maximum Gasteiger partial charge on any atom is 0.183 e. The normalized spacial score (nSPS) is 12.0. The van der Waals surface area contributed by atoms with E-state index in [1.165, 1.54) is 0 Å². The number of hydrogen-bond acceptors (Lipinski definition) is 7. The minimum absolute atomic E-state index is 0.558. The van der Waals surface area contributed by atoms with Crippen molar-refractivity contribution in [1.29, 1.82) is 0 Å². The summed E-state index contributed by atoms with van der Waals surface area (Å²) in [5.74, 6) is 0. The standard InChI is InChI=1S/C17H37BrO7Si/c1-26(2,3)25-17-16-24-15-14-23-13-12-22-11-10-21-9-8-20-7-6-19-5-4-18/h4-17H2,1-3H3. The van der Waals surface area contributed by atoms with Crippen LogP contribution >= 0.6 is 15.9 Å². The topological polar surface area (TPSA) is 64.6 Å². The van der Waals surface area contributed by atoms with Crippen molar-refractivity contribution in [2.75, 3.05) is 91.2 Å². The highest BCUT2D eigenvalue weighted by atomic mass is 79.9. The summed E-state index contributed by atoms with van der Waals surface area (Å²) in [5.41, 5.74) is 0. The van der Waals surface area contributed by atoms with Crippen LogP contribution in [0.25, 0.3) is 0 Å². The molecule has 0 amide bonds. The van der Waals surface area contributed by atoms with Gasteiger partial charge in [0.25, 0.3) is 0 Å². The monoisotopic (exact) mass is 460 g/mol. The van der Waals surface area contributed by atoms with Gasteiger partial charge in [-0.05, 0) is 19.6 Å². The zero-order valence-electron chi connectivity index (χ0n) is 16.6.